The van der Waals surface area contributed by atoms with Gasteiger partial charge in [0.25, 0.3) is 0 Å². The zero-order valence-electron chi connectivity index (χ0n) is 8.67. The first-order valence-corrected chi connectivity index (χ1v) is 4.61. The van der Waals surface area contributed by atoms with Crippen LogP contribution in [0.5, 0.6) is 0 Å². The second-order valence-electron chi connectivity index (χ2n) is 3.30. The van der Waals surface area contributed by atoms with Gasteiger partial charge in [-0.1, -0.05) is 19.1 Å². The summed E-state index contributed by atoms with van der Waals surface area (Å²) in [6.07, 6.45) is 0.426. The number of nitrogens with one attached hydrogen (secondary N) is 1. The Bertz CT molecular complexity index is 236. The average molecular weight is 199 g/mol. The predicted molar refractivity (Wildman–Crippen MR) is 53.9 cm³/mol. The maximum Gasteiger partial charge on any atom is 0.304 e. The van der Waals surface area contributed by atoms with Crippen molar-refractivity contribution >= 4 is 11.9 Å². The zero-order valence-corrected chi connectivity index (χ0v) is 8.67. The standard InChI is InChI=1S/C10H17NO3/c1-4-9(12)11-6-8(7(2)3)5-10(13)14/h8H,2,4-6H2,1,3H3,(H,11,12)(H,13,14). The molecule has 0 fully saturated rings. The highest BCUT2D eigenvalue weighted by molar-refractivity contribution is 5.75. The van der Waals surface area contributed by atoms with Crippen molar-refractivity contribution in [2.45, 2.75) is 26.7 Å². The summed E-state index contributed by atoms with van der Waals surface area (Å²) in [7, 11) is 0. The van der Waals surface area contributed by atoms with Gasteiger partial charge in [-0.2, -0.15) is 0 Å². The maximum absolute atomic E-state index is 10.9. The molecule has 0 radical (unpaired) electrons. The number of carbonyl (C=O) groups is 2. The van der Waals surface area contributed by atoms with E-state index in [-0.39, 0.29) is 18.2 Å². The topological polar surface area (TPSA) is 66.4 Å². The van der Waals surface area contributed by atoms with E-state index in [0.29, 0.717) is 13.0 Å². The molecule has 0 aliphatic heterocycles. The summed E-state index contributed by atoms with van der Waals surface area (Å²) in [5, 5.41) is 11.3. The first-order valence-electron chi connectivity index (χ1n) is 4.61. The number of aliphatic carboxylic acids is 1. The molecule has 0 saturated carbocycles. The molecule has 0 spiro atoms. The molecule has 0 bridgehead atoms. The smallest absolute Gasteiger partial charge is 0.304 e. The van der Waals surface area contributed by atoms with E-state index in [4.69, 9.17) is 5.11 Å². The van der Waals surface area contributed by atoms with Crippen molar-refractivity contribution in [3.63, 3.8) is 0 Å². The summed E-state index contributed by atoms with van der Waals surface area (Å²) in [6, 6.07) is 0. The predicted octanol–water partition coefficient (Wildman–Crippen LogP) is 1.18. The molecule has 80 valence electrons. The molecule has 4 heteroatoms. The van der Waals surface area contributed by atoms with Crippen molar-refractivity contribution in [2.75, 3.05) is 6.54 Å². The molecule has 0 aromatic rings. The van der Waals surface area contributed by atoms with E-state index in [9.17, 15) is 9.59 Å². The van der Waals surface area contributed by atoms with Gasteiger partial charge in [-0.3, -0.25) is 9.59 Å². The van der Waals surface area contributed by atoms with Crippen LogP contribution < -0.4 is 5.32 Å². The molecular formula is C10H17NO3. The van der Waals surface area contributed by atoms with E-state index in [2.05, 4.69) is 11.9 Å². The van der Waals surface area contributed by atoms with Crippen molar-refractivity contribution in [3.05, 3.63) is 12.2 Å². The first-order chi connectivity index (χ1) is 6.47. The minimum atomic E-state index is -0.872. The van der Waals surface area contributed by atoms with Crippen LogP contribution >= 0.6 is 0 Å². The third-order valence-electron chi connectivity index (χ3n) is 1.98. The highest BCUT2D eigenvalue weighted by Gasteiger charge is 2.14. The fourth-order valence-electron chi connectivity index (χ4n) is 0.993. The molecule has 0 aromatic carbocycles. The molecule has 2 N–H and O–H groups in total. The van der Waals surface area contributed by atoms with Crippen LogP contribution in [0.15, 0.2) is 12.2 Å². The molecule has 14 heavy (non-hydrogen) atoms. The Morgan fingerprint density at radius 3 is 2.43 bits per heavy atom. The number of hydrogen-bond donors (Lipinski definition) is 2. The van der Waals surface area contributed by atoms with Gasteiger partial charge in [-0.25, -0.2) is 0 Å². The molecule has 0 rings (SSSR count). The minimum absolute atomic E-state index is 0.0132. The van der Waals surface area contributed by atoms with Crippen LogP contribution in [-0.4, -0.2) is 23.5 Å². The van der Waals surface area contributed by atoms with E-state index >= 15 is 0 Å². The van der Waals surface area contributed by atoms with E-state index < -0.39 is 5.97 Å². The van der Waals surface area contributed by atoms with Gasteiger partial charge < -0.3 is 10.4 Å². The molecule has 1 atom stereocenters. The van der Waals surface area contributed by atoms with Gasteiger partial charge in [0.05, 0.1) is 6.42 Å². The average Bonchev–Trinajstić information content (AvgIpc) is 2.10. The number of rotatable bonds is 6. The lowest BCUT2D eigenvalue weighted by atomic mass is 9.98. The van der Waals surface area contributed by atoms with Gasteiger partial charge in [0.1, 0.15) is 0 Å². The van der Waals surface area contributed by atoms with Gasteiger partial charge in [0.15, 0.2) is 0 Å². The summed E-state index contributed by atoms with van der Waals surface area (Å²) >= 11 is 0. The monoisotopic (exact) mass is 199 g/mol. The second-order valence-corrected chi connectivity index (χ2v) is 3.30. The fraction of sp³-hybridized carbons (Fsp3) is 0.600. The fourth-order valence-corrected chi connectivity index (χ4v) is 0.993. The van der Waals surface area contributed by atoms with Crippen molar-refractivity contribution in [2.24, 2.45) is 5.92 Å². The Hall–Kier alpha value is -1.32. The van der Waals surface area contributed by atoms with Crippen molar-refractivity contribution in [1.82, 2.24) is 5.32 Å². The summed E-state index contributed by atoms with van der Waals surface area (Å²) in [5.74, 6) is -1.12. The van der Waals surface area contributed by atoms with Gasteiger partial charge in [-0.05, 0) is 6.92 Å². The highest BCUT2D eigenvalue weighted by Crippen LogP contribution is 2.11. The third-order valence-corrected chi connectivity index (χ3v) is 1.98. The van der Waals surface area contributed by atoms with Gasteiger partial charge in [0.2, 0.25) is 5.91 Å². The SMILES string of the molecule is C=C(C)C(CNC(=O)CC)CC(=O)O. The lowest BCUT2D eigenvalue weighted by Gasteiger charge is -2.15. The van der Waals surface area contributed by atoms with Crippen LogP contribution in [0.25, 0.3) is 0 Å². The highest BCUT2D eigenvalue weighted by atomic mass is 16.4. The van der Waals surface area contributed by atoms with Gasteiger partial charge in [-0.15, -0.1) is 0 Å². The lowest BCUT2D eigenvalue weighted by Crippen LogP contribution is -2.30. The minimum Gasteiger partial charge on any atom is -0.481 e. The van der Waals surface area contributed by atoms with E-state index in [1.807, 2.05) is 0 Å². The van der Waals surface area contributed by atoms with E-state index in [0.717, 1.165) is 5.57 Å². The van der Waals surface area contributed by atoms with Crippen molar-refractivity contribution in [1.29, 1.82) is 0 Å². The lowest BCUT2D eigenvalue weighted by molar-refractivity contribution is -0.138. The Labute approximate surface area is 84.0 Å². The third kappa shape index (κ3) is 5.35. The molecule has 0 aliphatic rings. The second kappa shape index (κ2) is 6.18. The number of carboxylic acid groups (broad SMARTS) is 1. The molecule has 1 amide bonds. The Morgan fingerprint density at radius 2 is 2.07 bits per heavy atom. The Balaban J connectivity index is 4.04. The number of carboxylic acids is 1. The molecule has 0 aliphatic carbocycles. The molecule has 1 unspecified atom stereocenters. The zero-order chi connectivity index (χ0) is 11.1. The molecule has 0 saturated heterocycles. The van der Waals surface area contributed by atoms with Crippen LogP contribution in [0.1, 0.15) is 26.7 Å². The summed E-state index contributed by atoms with van der Waals surface area (Å²) in [4.78, 5) is 21.4. The Morgan fingerprint density at radius 1 is 1.50 bits per heavy atom. The first kappa shape index (κ1) is 12.7. The van der Waals surface area contributed by atoms with Crippen molar-refractivity contribution in [3.8, 4) is 0 Å². The normalized spacial score (nSPS) is 11.9. The number of hydrogen-bond acceptors (Lipinski definition) is 2. The van der Waals surface area contributed by atoms with E-state index in [1.54, 1.807) is 13.8 Å². The Kier molecular flexibility index (Phi) is 5.60. The number of amides is 1. The number of carbonyl (C=O) groups excluding carboxylic acids is 1. The van der Waals surface area contributed by atoms with Crippen LogP contribution in [0.3, 0.4) is 0 Å². The van der Waals surface area contributed by atoms with Crippen LogP contribution in [0.4, 0.5) is 0 Å². The van der Waals surface area contributed by atoms with Crippen LogP contribution in [0.2, 0.25) is 0 Å². The van der Waals surface area contributed by atoms with Crippen LogP contribution in [0, 0.1) is 5.92 Å². The summed E-state index contributed by atoms with van der Waals surface area (Å²) in [6.45, 7) is 7.57. The quantitative estimate of drug-likeness (QED) is 0.631. The molecule has 4 nitrogen and oxygen atoms in total. The largest absolute Gasteiger partial charge is 0.481 e. The van der Waals surface area contributed by atoms with Crippen LogP contribution in [-0.2, 0) is 9.59 Å². The molecule has 0 heterocycles. The van der Waals surface area contributed by atoms with Gasteiger partial charge >= 0.3 is 5.97 Å². The molecule has 0 aromatic heterocycles. The maximum atomic E-state index is 10.9. The summed E-state index contributed by atoms with van der Waals surface area (Å²) in [5.41, 5.74) is 0.781. The van der Waals surface area contributed by atoms with E-state index in [1.165, 1.54) is 0 Å². The summed E-state index contributed by atoms with van der Waals surface area (Å²) < 4.78 is 0. The molecular weight excluding hydrogens is 182 g/mol. The van der Waals surface area contributed by atoms with Gasteiger partial charge in [0, 0.05) is 18.9 Å². The van der Waals surface area contributed by atoms with Crippen molar-refractivity contribution < 1.29 is 14.7 Å².